The van der Waals surface area contributed by atoms with E-state index in [1.165, 1.54) is 24.3 Å². The Morgan fingerprint density at radius 2 is 1.69 bits per heavy atom. The summed E-state index contributed by atoms with van der Waals surface area (Å²) in [6.45, 7) is 4.73. The van der Waals surface area contributed by atoms with Gasteiger partial charge in [-0.15, -0.1) is 0 Å². The number of nitrogens with zero attached hydrogens (tertiary/aromatic N) is 3. The first-order valence-corrected chi connectivity index (χ1v) is 8.07. The van der Waals surface area contributed by atoms with Gasteiger partial charge in [0.05, 0.1) is 30.3 Å². The quantitative estimate of drug-likeness (QED) is 0.459. The monoisotopic (exact) mass is 413 g/mol. The van der Waals surface area contributed by atoms with Crippen molar-refractivity contribution in [2.24, 2.45) is 0 Å². The molecular formula is C19H13F6N3O. The van der Waals surface area contributed by atoms with E-state index in [9.17, 15) is 26.3 Å². The van der Waals surface area contributed by atoms with Crippen LogP contribution < -0.4 is 9.64 Å². The molecule has 0 saturated heterocycles. The summed E-state index contributed by atoms with van der Waals surface area (Å²) in [5.74, 6) is 0.301. The minimum atomic E-state index is -4.88. The summed E-state index contributed by atoms with van der Waals surface area (Å²) in [5.41, 5.74) is -1.95. The molecule has 4 nitrogen and oxygen atoms in total. The lowest BCUT2D eigenvalue weighted by Gasteiger charge is -2.27. The first-order chi connectivity index (χ1) is 13.5. The molecule has 0 N–H and O–H groups in total. The Morgan fingerprint density at radius 1 is 1.03 bits per heavy atom. The molecule has 0 bridgehead atoms. The largest absolute Gasteiger partial charge is 0.492 e. The number of hydrogen-bond acceptors (Lipinski definition) is 3. The SMILES string of the molecule is [C-]#[N+]c1ccc(N(CCOc2ccc(C#N)cc2)CC(F)(F)F)cc1C(F)(F)F. The predicted molar refractivity (Wildman–Crippen MR) is 92.6 cm³/mol. The highest BCUT2D eigenvalue weighted by atomic mass is 19.4. The topological polar surface area (TPSA) is 40.6 Å². The van der Waals surface area contributed by atoms with Gasteiger partial charge in [-0.25, -0.2) is 4.85 Å². The third kappa shape index (κ3) is 6.32. The van der Waals surface area contributed by atoms with Crippen LogP contribution in [0.15, 0.2) is 42.5 Å². The average Bonchev–Trinajstić information content (AvgIpc) is 2.65. The first kappa shape index (κ1) is 21.9. The molecule has 2 rings (SSSR count). The summed E-state index contributed by atoms with van der Waals surface area (Å²) < 4.78 is 83.4. The van der Waals surface area contributed by atoms with Gasteiger partial charge in [-0.3, -0.25) is 0 Å². The van der Waals surface area contributed by atoms with E-state index < -0.39 is 30.1 Å². The van der Waals surface area contributed by atoms with Gasteiger partial charge in [-0.05, 0) is 36.4 Å². The minimum Gasteiger partial charge on any atom is -0.492 e. The molecule has 0 aliphatic heterocycles. The standard InChI is InChI=1S/C19H13F6N3O/c1-27-17-7-4-14(10-16(17)19(23,24)25)28(12-18(20,21)22)8-9-29-15-5-2-13(11-26)3-6-15/h2-7,10H,8-9,12H2. The number of benzene rings is 2. The normalized spacial score (nSPS) is 11.4. The number of ether oxygens (including phenoxy) is 1. The van der Waals surface area contributed by atoms with Crippen molar-refractivity contribution in [1.82, 2.24) is 0 Å². The van der Waals surface area contributed by atoms with Crippen molar-refractivity contribution in [3.8, 4) is 11.8 Å². The Labute approximate surface area is 162 Å². The minimum absolute atomic E-state index is 0.242. The maximum atomic E-state index is 13.1. The molecular weight excluding hydrogens is 400 g/mol. The van der Waals surface area contributed by atoms with Crippen LogP contribution in [0.2, 0.25) is 0 Å². The van der Waals surface area contributed by atoms with Gasteiger partial charge in [0, 0.05) is 5.69 Å². The molecule has 0 saturated carbocycles. The van der Waals surface area contributed by atoms with Crippen LogP contribution in [-0.4, -0.2) is 25.9 Å². The molecule has 2 aromatic carbocycles. The van der Waals surface area contributed by atoms with Crippen molar-refractivity contribution < 1.29 is 31.1 Å². The van der Waals surface area contributed by atoms with Gasteiger partial charge < -0.3 is 9.64 Å². The van der Waals surface area contributed by atoms with Gasteiger partial charge >= 0.3 is 12.4 Å². The molecule has 0 aliphatic rings. The summed E-state index contributed by atoms with van der Waals surface area (Å²) in [6.07, 6.45) is -9.54. The van der Waals surface area contributed by atoms with Crippen LogP contribution in [0, 0.1) is 17.9 Å². The van der Waals surface area contributed by atoms with Crippen LogP contribution in [0.3, 0.4) is 0 Å². The molecule has 0 unspecified atom stereocenters. The fraction of sp³-hybridized carbons (Fsp3) is 0.263. The van der Waals surface area contributed by atoms with Crippen molar-refractivity contribution in [3.63, 3.8) is 0 Å². The van der Waals surface area contributed by atoms with Crippen LogP contribution in [0.25, 0.3) is 4.85 Å². The second-order valence-electron chi connectivity index (χ2n) is 5.83. The van der Waals surface area contributed by atoms with Crippen LogP contribution in [0.4, 0.5) is 37.7 Å². The summed E-state index contributed by atoms with van der Waals surface area (Å²) in [7, 11) is 0. The molecule has 0 spiro atoms. The van der Waals surface area contributed by atoms with Gasteiger partial charge in [0.25, 0.3) is 0 Å². The zero-order chi connectivity index (χ0) is 21.7. The molecule has 0 aliphatic carbocycles. The second-order valence-corrected chi connectivity index (χ2v) is 5.83. The summed E-state index contributed by atoms with van der Waals surface area (Å²) in [4.78, 5) is 3.47. The van der Waals surface area contributed by atoms with Crippen molar-refractivity contribution in [3.05, 3.63) is 65.0 Å². The van der Waals surface area contributed by atoms with Gasteiger partial charge in [-0.1, -0.05) is 6.07 Å². The van der Waals surface area contributed by atoms with Crippen LogP contribution >= 0.6 is 0 Å². The van der Waals surface area contributed by atoms with Gasteiger partial charge in [0.15, 0.2) is 5.69 Å². The summed E-state index contributed by atoms with van der Waals surface area (Å²) >= 11 is 0. The molecule has 2 aromatic rings. The van der Waals surface area contributed by atoms with E-state index in [4.69, 9.17) is 16.6 Å². The maximum Gasteiger partial charge on any atom is 0.407 e. The Hall–Kier alpha value is -3.40. The Morgan fingerprint density at radius 3 is 2.21 bits per heavy atom. The van der Waals surface area contributed by atoms with E-state index in [1.54, 1.807) is 0 Å². The second kappa shape index (κ2) is 8.74. The van der Waals surface area contributed by atoms with Gasteiger partial charge in [0.1, 0.15) is 18.9 Å². The number of nitriles is 1. The van der Waals surface area contributed by atoms with E-state index in [2.05, 4.69) is 4.85 Å². The van der Waals surface area contributed by atoms with E-state index in [1.807, 2.05) is 6.07 Å². The first-order valence-electron chi connectivity index (χ1n) is 8.07. The van der Waals surface area contributed by atoms with Crippen LogP contribution in [0.1, 0.15) is 11.1 Å². The molecule has 0 radical (unpaired) electrons. The molecule has 0 fully saturated rings. The fourth-order valence-corrected chi connectivity index (χ4v) is 2.46. The zero-order valence-corrected chi connectivity index (χ0v) is 14.7. The average molecular weight is 413 g/mol. The van der Waals surface area contributed by atoms with Crippen LogP contribution in [-0.2, 0) is 6.18 Å². The van der Waals surface area contributed by atoms with E-state index >= 15 is 0 Å². The van der Waals surface area contributed by atoms with Crippen molar-refractivity contribution in [1.29, 1.82) is 5.26 Å². The molecule has 152 valence electrons. The number of halogens is 6. The third-order valence-corrected chi connectivity index (χ3v) is 3.75. The predicted octanol–water partition coefficient (Wildman–Crippen LogP) is 5.58. The highest BCUT2D eigenvalue weighted by molar-refractivity contribution is 5.62. The number of alkyl halides is 6. The van der Waals surface area contributed by atoms with Crippen molar-refractivity contribution in [2.75, 3.05) is 24.6 Å². The fourth-order valence-electron chi connectivity index (χ4n) is 2.46. The maximum absolute atomic E-state index is 13.1. The highest BCUT2D eigenvalue weighted by Gasteiger charge is 2.35. The lowest BCUT2D eigenvalue weighted by Crippen LogP contribution is -2.37. The molecule has 0 heterocycles. The molecule has 29 heavy (non-hydrogen) atoms. The molecule has 0 amide bonds. The van der Waals surface area contributed by atoms with Crippen LogP contribution in [0.5, 0.6) is 5.75 Å². The van der Waals surface area contributed by atoms with E-state index in [0.717, 1.165) is 12.1 Å². The Balaban J connectivity index is 2.22. The van der Waals surface area contributed by atoms with E-state index in [0.29, 0.717) is 22.3 Å². The molecule has 10 heteroatoms. The summed E-state index contributed by atoms with van der Waals surface area (Å²) in [5, 5.41) is 8.73. The van der Waals surface area contributed by atoms with Crippen molar-refractivity contribution >= 4 is 11.4 Å². The highest BCUT2D eigenvalue weighted by Crippen LogP contribution is 2.39. The zero-order valence-electron chi connectivity index (χ0n) is 14.7. The lowest BCUT2D eigenvalue weighted by molar-refractivity contribution is -0.136. The molecule has 0 aromatic heterocycles. The Kier molecular flexibility index (Phi) is 6.60. The number of anilines is 1. The van der Waals surface area contributed by atoms with E-state index in [-0.39, 0.29) is 18.8 Å². The number of hydrogen-bond donors (Lipinski definition) is 0. The molecule has 0 atom stereocenters. The van der Waals surface area contributed by atoms with Gasteiger partial charge in [0.2, 0.25) is 0 Å². The number of rotatable bonds is 6. The smallest absolute Gasteiger partial charge is 0.407 e. The summed E-state index contributed by atoms with van der Waals surface area (Å²) in [6, 6.07) is 10.1. The Bertz CT molecular complexity index is 923. The third-order valence-electron chi connectivity index (χ3n) is 3.75. The van der Waals surface area contributed by atoms with Crippen molar-refractivity contribution in [2.45, 2.75) is 12.4 Å². The van der Waals surface area contributed by atoms with Gasteiger partial charge in [-0.2, -0.15) is 31.6 Å². The lowest BCUT2D eigenvalue weighted by atomic mass is 10.1.